The van der Waals surface area contributed by atoms with Gasteiger partial charge in [-0.3, -0.25) is 0 Å². The van der Waals surface area contributed by atoms with Crippen LogP contribution in [-0.2, 0) is 0 Å². The minimum atomic E-state index is -0.294. The Hall–Kier alpha value is -1.13. The molecule has 0 saturated carbocycles. The lowest BCUT2D eigenvalue weighted by molar-refractivity contribution is 0.143. The van der Waals surface area contributed by atoms with Gasteiger partial charge in [-0.05, 0) is 38.2 Å². The molecule has 0 saturated heterocycles. The fraction of sp³-hybridized carbons (Fsp3) is 0.538. The Balaban J connectivity index is 3.21. The van der Waals surface area contributed by atoms with E-state index in [1.54, 1.807) is 13.2 Å². The van der Waals surface area contributed by atoms with Crippen molar-refractivity contribution in [3.8, 4) is 5.75 Å². The summed E-state index contributed by atoms with van der Waals surface area (Å²) in [5.41, 5.74) is 0.763. The summed E-state index contributed by atoms with van der Waals surface area (Å²) in [5, 5.41) is 9.29. The second-order valence-electron chi connectivity index (χ2n) is 4.45. The van der Waals surface area contributed by atoms with E-state index in [-0.39, 0.29) is 24.4 Å². The van der Waals surface area contributed by atoms with Crippen molar-refractivity contribution in [1.29, 1.82) is 0 Å². The minimum Gasteiger partial charge on any atom is -0.496 e. The monoisotopic (exact) mass is 241 g/mol. The van der Waals surface area contributed by atoms with E-state index in [9.17, 15) is 9.50 Å². The standard InChI is InChI=1S/C13H20FNO2/c1-9(8-16)13(15(2)3)11-7-10(14)5-6-12(11)17-4/h5-7,9,13,16H,8H2,1-4H3. The maximum atomic E-state index is 13.3. The SMILES string of the molecule is COc1ccc(F)cc1C(C(C)CO)N(C)C. The highest BCUT2D eigenvalue weighted by molar-refractivity contribution is 5.36. The van der Waals surface area contributed by atoms with Gasteiger partial charge < -0.3 is 14.7 Å². The van der Waals surface area contributed by atoms with E-state index in [1.807, 2.05) is 25.9 Å². The molecule has 0 amide bonds. The first-order chi connectivity index (χ1) is 8.01. The zero-order valence-electron chi connectivity index (χ0n) is 10.8. The molecule has 2 atom stereocenters. The summed E-state index contributed by atoms with van der Waals surface area (Å²) < 4.78 is 18.6. The molecule has 1 rings (SSSR count). The topological polar surface area (TPSA) is 32.7 Å². The van der Waals surface area contributed by atoms with Crippen molar-refractivity contribution in [3.63, 3.8) is 0 Å². The van der Waals surface area contributed by atoms with Gasteiger partial charge in [-0.1, -0.05) is 6.92 Å². The van der Waals surface area contributed by atoms with Gasteiger partial charge in [0.15, 0.2) is 0 Å². The van der Waals surface area contributed by atoms with Crippen molar-refractivity contribution in [2.24, 2.45) is 5.92 Å². The molecule has 0 aliphatic heterocycles. The lowest BCUT2D eigenvalue weighted by Crippen LogP contribution is -2.28. The molecule has 0 bridgehead atoms. The Morgan fingerprint density at radius 2 is 2.06 bits per heavy atom. The average molecular weight is 241 g/mol. The van der Waals surface area contributed by atoms with E-state index >= 15 is 0 Å². The maximum Gasteiger partial charge on any atom is 0.123 e. The summed E-state index contributed by atoms with van der Waals surface area (Å²) in [5.74, 6) is 0.351. The highest BCUT2D eigenvalue weighted by atomic mass is 19.1. The van der Waals surface area contributed by atoms with Gasteiger partial charge in [0.25, 0.3) is 0 Å². The number of aliphatic hydroxyl groups is 1. The number of ether oxygens (including phenoxy) is 1. The van der Waals surface area contributed by atoms with Gasteiger partial charge >= 0.3 is 0 Å². The number of halogens is 1. The quantitative estimate of drug-likeness (QED) is 0.856. The minimum absolute atomic E-state index is 0.000648. The van der Waals surface area contributed by atoms with Crippen LogP contribution in [0.2, 0.25) is 0 Å². The van der Waals surface area contributed by atoms with Crippen molar-refractivity contribution in [1.82, 2.24) is 4.90 Å². The molecule has 0 heterocycles. The van der Waals surface area contributed by atoms with Gasteiger partial charge in [0.2, 0.25) is 0 Å². The number of benzene rings is 1. The molecule has 1 aromatic carbocycles. The van der Waals surface area contributed by atoms with Gasteiger partial charge in [-0.15, -0.1) is 0 Å². The first-order valence-corrected chi connectivity index (χ1v) is 5.62. The van der Waals surface area contributed by atoms with Gasteiger partial charge in [0.1, 0.15) is 11.6 Å². The van der Waals surface area contributed by atoms with Crippen LogP contribution in [-0.4, -0.2) is 37.8 Å². The largest absolute Gasteiger partial charge is 0.496 e. The molecular weight excluding hydrogens is 221 g/mol. The third-order valence-corrected chi connectivity index (χ3v) is 2.89. The van der Waals surface area contributed by atoms with E-state index < -0.39 is 0 Å². The smallest absolute Gasteiger partial charge is 0.123 e. The Bertz CT molecular complexity index is 368. The molecule has 0 fully saturated rings. The fourth-order valence-electron chi connectivity index (χ4n) is 2.13. The van der Waals surface area contributed by atoms with E-state index in [2.05, 4.69) is 0 Å². The highest BCUT2D eigenvalue weighted by Crippen LogP contribution is 2.33. The fourth-order valence-corrected chi connectivity index (χ4v) is 2.13. The van der Waals surface area contributed by atoms with Gasteiger partial charge in [0.05, 0.1) is 7.11 Å². The molecule has 0 aliphatic rings. The van der Waals surface area contributed by atoms with Crippen LogP contribution in [0.15, 0.2) is 18.2 Å². The number of nitrogens with zero attached hydrogens (tertiary/aromatic N) is 1. The molecular formula is C13H20FNO2. The Labute approximate surface area is 102 Å². The number of hydrogen-bond donors (Lipinski definition) is 1. The zero-order valence-corrected chi connectivity index (χ0v) is 10.8. The van der Waals surface area contributed by atoms with Crippen molar-refractivity contribution < 1.29 is 14.2 Å². The predicted molar refractivity (Wildman–Crippen MR) is 65.6 cm³/mol. The summed E-state index contributed by atoms with van der Waals surface area (Å²) in [4.78, 5) is 1.96. The van der Waals surface area contributed by atoms with Gasteiger partial charge in [-0.25, -0.2) is 4.39 Å². The van der Waals surface area contributed by atoms with Crippen LogP contribution in [0.1, 0.15) is 18.5 Å². The van der Waals surface area contributed by atoms with E-state index in [0.717, 1.165) is 5.56 Å². The molecule has 1 N–H and O–H groups in total. The van der Waals surface area contributed by atoms with Crippen LogP contribution in [0.25, 0.3) is 0 Å². The average Bonchev–Trinajstić information content (AvgIpc) is 2.29. The molecule has 17 heavy (non-hydrogen) atoms. The molecule has 0 radical (unpaired) electrons. The maximum absolute atomic E-state index is 13.3. The molecule has 2 unspecified atom stereocenters. The second kappa shape index (κ2) is 5.98. The van der Waals surface area contributed by atoms with Crippen LogP contribution in [0.4, 0.5) is 4.39 Å². The van der Waals surface area contributed by atoms with E-state index in [1.165, 1.54) is 12.1 Å². The molecule has 1 aromatic rings. The first kappa shape index (κ1) is 13.9. The van der Waals surface area contributed by atoms with Crippen LogP contribution in [0.3, 0.4) is 0 Å². The molecule has 3 nitrogen and oxygen atoms in total. The van der Waals surface area contributed by atoms with Gasteiger partial charge in [-0.2, -0.15) is 0 Å². The number of methoxy groups -OCH3 is 1. The third kappa shape index (κ3) is 3.17. The van der Waals surface area contributed by atoms with Crippen molar-refractivity contribution in [2.75, 3.05) is 27.8 Å². The Morgan fingerprint density at radius 3 is 2.53 bits per heavy atom. The number of hydrogen-bond acceptors (Lipinski definition) is 3. The molecule has 0 spiro atoms. The Kier molecular flexibility index (Phi) is 4.90. The summed E-state index contributed by atoms with van der Waals surface area (Å²) in [6.07, 6.45) is 0. The normalized spacial score (nSPS) is 14.8. The summed E-state index contributed by atoms with van der Waals surface area (Å²) in [7, 11) is 5.37. The van der Waals surface area contributed by atoms with Crippen LogP contribution < -0.4 is 4.74 Å². The highest BCUT2D eigenvalue weighted by Gasteiger charge is 2.24. The summed E-state index contributed by atoms with van der Waals surface area (Å²) >= 11 is 0. The molecule has 4 heteroatoms. The zero-order chi connectivity index (χ0) is 13.0. The first-order valence-electron chi connectivity index (χ1n) is 5.62. The summed E-state index contributed by atoms with van der Waals surface area (Å²) in [6, 6.07) is 4.38. The van der Waals surface area contributed by atoms with Crippen molar-refractivity contribution >= 4 is 0 Å². The lowest BCUT2D eigenvalue weighted by atomic mass is 9.93. The molecule has 96 valence electrons. The summed E-state index contributed by atoms with van der Waals surface area (Å²) in [6.45, 7) is 1.97. The lowest BCUT2D eigenvalue weighted by Gasteiger charge is -2.30. The second-order valence-corrected chi connectivity index (χ2v) is 4.45. The molecule has 0 aromatic heterocycles. The van der Waals surface area contributed by atoms with E-state index in [0.29, 0.717) is 5.75 Å². The number of aliphatic hydroxyl groups excluding tert-OH is 1. The van der Waals surface area contributed by atoms with Crippen molar-refractivity contribution in [3.05, 3.63) is 29.6 Å². The molecule has 0 aliphatic carbocycles. The number of rotatable bonds is 5. The van der Waals surface area contributed by atoms with Crippen LogP contribution in [0, 0.1) is 11.7 Å². The van der Waals surface area contributed by atoms with Crippen LogP contribution in [0.5, 0.6) is 5.75 Å². The van der Waals surface area contributed by atoms with Gasteiger partial charge in [0, 0.05) is 18.2 Å². The predicted octanol–water partition coefficient (Wildman–Crippen LogP) is 2.07. The van der Waals surface area contributed by atoms with Crippen LogP contribution >= 0.6 is 0 Å². The van der Waals surface area contributed by atoms with E-state index in [4.69, 9.17) is 4.74 Å². The van der Waals surface area contributed by atoms with Crippen molar-refractivity contribution in [2.45, 2.75) is 13.0 Å². The Morgan fingerprint density at radius 1 is 1.41 bits per heavy atom. The third-order valence-electron chi connectivity index (χ3n) is 2.89.